The van der Waals surface area contributed by atoms with Crippen LogP contribution >= 0.6 is 0 Å². The molecule has 0 aliphatic carbocycles. The molecule has 8 heteroatoms. The summed E-state index contributed by atoms with van der Waals surface area (Å²) in [6.07, 6.45) is 5.50. The molecule has 29 heavy (non-hydrogen) atoms. The van der Waals surface area contributed by atoms with Crippen molar-refractivity contribution in [1.82, 2.24) is 20.1 Å². The van der Waals surface area contributed by atoms with Crippen molar-refractivity contribution in [2.24, 2.45) is 5.73 Å². The molecule has 3 heterocycles. The third-order valence-corrected chi connectivity index (χ3v) is 4.85. The third-order valence-electron chi connectivity index (χ3n) is 4.85. The van der Waals surface area contributed by atoms with Gasteiger partial charge in [-0.05, 0) is 37.6 Å². The van der Waals surface area contributed by atoms with Crippen molar-refractivity contribution in [1.29, 1.82) is 0 Å². The summed E-state index contributed by atoms with van der Waals surface area (Å²) in [5, 5.41) is 11.1. The molecule has 8 nitrogen and oxygen atoms in total. The fourth-order valence-corrected chi connectivity index (χ4v) is 3.32. The van der Waals surface area contributed by atoms with Crippen LogP contribution in [0.2, 0.25) is 0 Å². The summed E-state index contributed by atoms with van der Waals surface area (Å²) >= 11 is 0. The third kappa shape index (κ3) is 4.72. The highest BCUT2D eigenvalue weighted by molar-refractivity contribution is 5.93. The number of carbonyl (C=O) groups is 1. The van der Waals surface area contributed by atoms with Crippen LogP contribution in [0.4, 0.5) is 5.82 Å². The van der Waals surface area contributed by atoms with Crippen LogP contribution in [-0.4, -0.2) is 39.8 Å². The molecule has 1 aliphatic heterocycles. The number of pyridine rings is 1. The van der Waals surface area contributed by atoms with Gasteiger partial charge in [-0.1, -0.05) is 30.3 Å². The van der Waals surface area contributed by atoms with Gasteiger partial charge in [-0.15, -0.1) is 0 Å². The number of piperidine rings is 1. The van der Waals surface area contributed by atoms with Crippen molar-refractivity contribution in [3.8, 4) is 11.4 Å². The van der Waals surface area contributed by atoms with Gasteiger partial charge in [0, 0.05) is 18.3 Å². The van der Waals surface area contributed by atoms with E-state index >= 15 is 0 Å². The maximum atomic E-state index is 11.8. The largest absolute Gasteiger partial charge is 0.485 e. The summed E-state index contributed by atoms with van der Waals surface area (Å²) in [4.78, 5) is 16.2. The topological polar surface area (TPSA) is 107 Å². The Morgan fingerprint density at radius 2 is 2.03 bits per heavy atom. The van der Waals surface area contributed by atoms with E-state index < -0.39 is 5.91 Å². The average Bonchev–Trinajstić information content (AvgIpc) is 3.19. The number of carbonyl (C=O) groups excluding carboxylic acids is 1. The van der Waals surface area contributed by atoms with Gasteiger partial charge in [0.1, 0.15) is 12.4 Å². The van der Waals surface area contributed by atoms with Gasteiger partial charge in [0.15, 0.2) is 11.4 Å². The first-order valence-corrected chi connectivity index (χ1v) is 9.69. The first kappa shape index (κ1) is 18.9. The maximum Gasteiger partial charge on any atom is 0.273 e. The normalized spacial score (nSPS) is 14.5. The molecule has 4 N–H and O–H groups in total. The van der Waals surface area contributed by atoms with Crippen molar-refractivity contribution >= 4 is 11.7 Å². The van der Waals surface area contributed by atoms with E-state index in [1.807, 2.05) is 42.5 Å². The second kappa shape index (κ2) is 8.74. The number of nitrogens with one attached hydrogen (secondary N) is 2. The Morgan fingerprint density at radius 3 is 2.79 bits per heavy atom. The number of ether oxygens (including phenoxy) is 1. The average molecular weight is 392 g/mol. The van der Waals surface area contributed by atoms with Crippen LogP contribution in [0.25, 0.3) is 5.69 Å². The summed E-state index contributed by atoms with van der Waals surface area (Å²) in [6, 6.07) is 13.8. The van der Waals surface area contributed by atoms with E-state index in [0.29, 0.717) is 18.4 Å². The minimum atomic E-state index is -0.631. The summed E-state index contributed by atoms with van der Waals surface area (Å²) in [5.74, 6) is 0.497. The molecule has 1 aliphatic rings. The fourth-order valence-electron chi connectivity index (χ4n) is 3.32. The Morgan fingerprint density at radius 1 is 1.24 bits per heavy atom. The first-order valence-electron chi connectivity index (χ1n) is 9.69. The molecule has 0 atom stereocenters. The van der Waals surface area contributed by atoms with Crippen molar-refractivity contribution in [3.63, 3.8) is 0 Å². The summed E-state index contributed by atoms with van der Waals surface area (Å²) in [5.41, 5.74) is 7.37. The van der Waals surface area contributed by atoms with Crippen LogP contribution in [0.3, 0.4) is 0 Å². The first-order chi connectivity index (χ1) is 14.2. The molecular weight excluding hydrogens is 368 g/mol. The van der Waals surface area contributed by atoms with Crippen LogP contribution in [0, 0.1) is 0 Å². The lowest BCUT2D eigenvalue weighted by Crippen LogP contribution is -2.35. The van der Waals surface area contributed by atoms with Crippen LogP contribution in [0.15, 0.2) is 54.9 Å². The SMILES string of the molecule is NC(=O)c1nn(-c2ccnc(NC3CCNCC3)c2)cc1OCc1ccccc1. The lowest BCUT2D eigenvalue weighted by molar-refractivity contribution is 0.0991. The van der Waals surface area contributed by atoms with E-state index in [1.165, 1.54) is 0 Å². The second-order valence-electron chi connectivity index (χ2n) is 6.99. The smallest absolute Gasteiger partial charge is 0.273 e. The number of rotatable bonds is 7. The zero-order chi connectivity index (χ0) is 20.1. The van der Waals surface area contributed by atoms with Crippen molar-refractivity contribution in [2.45, 2.75) is 25.5 Å². The van der Waals surface area contributed by atoms with Gasteiger partial charge in [0.05, 0.1) is 11.9 Å². The maximum absolute atomic E-state index is 11.8. The zero-order valence-corrected chi connectivity index (χ0v) is 16.0. The number of primary amides is 1. The number of anilines is 1. The summed E-state index contributed by atoms with van der Waals surface area (Å²) in [7, 11) is 0. The van der Waals surface area contributed by atoms with Gasteiger partial charge in [-0.25, -0.2) is 9.67 Å². The molecule has 1 saturated heterocycles. The molecule has 3 aromatic rings. The van der Waals surface area contributed by atoms with Gasteiger partial charge in [0.25, 0.3) is 5.91 Å². The van der Waals surface area contributed by atoms with Crippen LogP contribution in [0.1, 0.15) is 28.9 Å². The van der Waals surface area contributed by atoms with Gasteiger partial charge in [-0.2, -0.15) is 5.10 Å². The van der Waals surface area contributed by atoms with E-state index in [2.05, 4.69) is 20.7 Å². The number of aromatic nitrogens is 3. The van der Waals surface area contributed by atoms with Crippen molar-refractivity contribution in [3.05, 3.63) is 66.1 Å². The lowest BCUT2D eigenvalue weighted by atomic mass is 10.1. The minimum Gasteiger partial charge on any atom is -0.485 e. The molecule has 0 radical (unpaired) electrons. The number of nitrogens with two attached hydrogens (primary N) is 1. The fraction of sp³-hybridized carbons (Fsp3) is 0.286. The van der Waals surface area contributed by atoms with E-state index in [4.69, 9.17) is 10.5 Å². The Balaban J connectivity index is 1.53. The molecule has 1 aromatic carbocycles. The van der Waals surface area contributed by atoms with Gasteiger partial charge < -0.3 is 21.1 Å². The highest BCUT2D eigenvalue weighted by Gasteiger charge is 2.18. The molecule has 2 aromatic heterocycles. The summed E-state index contributed by atoms with van der Waals surface area (Å²) < 4.78 is 7.41. The van der Waals surface area contributed by atoms with Gasteiger partial charge >= 0.3 is 0 Å². The number of hydrogen-bond donors (Lipinski definition) is 3. The molecule has 0 unspecified atom stereocenters. The van der Waals surface area contributed by atoms with Gasteiger partial charge in [-0.3, -0.25) is 4.79 Å². The monoisotopic (exact) mass is 392 g/mol. The van der Waals surface area contributed by atoms with Crippen molar-refractivity contribution in [2.75, 3.05) is 18.4 Å². The number of nitrogens with zero attached hydrogens (tertiary/aromatic N) is 3. The highest BCUT2D eigenvalue weighted by Crippen LogP contribution is 2.22. The Kier molecular flexibility index (Phi) is 5.71. The van der Waals surface area contributed by atoms with E-state index in [-0.39, 0.29) is 5.69 Å². The van der Waals surface area contributed by atoms with Crippen LogP contribution in [0.5, 0.6) is 5.75 Å². The molecule has 0 bridgehead atoms. The number of hydrogen-bond acceptors (Lipinski definition) is 6. The quantitative estimate of drug-likeness (QED) is 0.568. The molecule has 4 rings (SSSR count). The molecule has 0 spiro atoms. The zero-order valence-electron chi connectivity index (χ0n) is 16.0. The predicted octanol–water partition coefficient (Wildman–Crippen LogP) is 2.11. The molecule has 1 fully saturated rings. The molecule has 1 amide bonds. The highest BCUT2D eigenvalue weighted by atomic mass is 16.5. The van der Waals surface area contributed by atoms with Crippen molar-refractivity contribution < 1.29 is 9.53 Å². The number of amides is 1. The molecule has 0 saturated carbocycles. The van der Waals surface area contributed by atoms with Crippen LogP contribution < -0.4 is 21.1 Å². The summed E-state index contributed by atoms with van der Waals surface area (Å²) in [6.45, 7) is 2.33. The Hall–Kier alpha value is -3.39. The molecular formula is C21H24N6O2. The van der Waals surface area contributed by atoms with Crippen LogP contribution in [-0.2, 0) is 6.61 Å². The standard InChI is InChI=1S/C21H24N6O2/c22-21(28)20-18(29-14-15-4-2-1-3-5-15)13-27(26-20)17-8-11-24-19(12-17)25-16-6-9-23-10-7-16/h1-5,8,11-13,16,23H,6-7,9-10,14H2,(H2,22,28)(H,24,25). The molecule has 150 valence electrons. The Labute approximate surface area is 169 Å². The van der Waals surface area contributed by atoms with E-state index in [1.54, 1.807) is 17.1 Å². The minimum absolute atomic E-state index is 0.102. The number of benzene rings is 1. The second-order valence-corrected chi connectivity index (χ2v) is 6.99. The lowest BCUT2D eigenvalue weighted by Gasteiger charge is -2.24. The van der Waals surface area contributed by atoms with E-state index in [9.17, 15) is 4.79 Å². The van der Waals surface area contributed by atoms with Gasteiger partial charge in [0.2, 0.25) is 0 Å². The Bertz CT molecular complexity index is 966. The van der Waals surface area contributed by atoms with E-state index in [0.717, 1.165) is 43.0 Å². The predicted molar refractivity (Wildman–Crippen MR) is 110 cm³/mol.